The molecule has 1 aromatic carbocycles. The van der Waals surface area contributed by atoms with E-state index in [1.54, 1.807) is 0 Å². The summed E-state index contributed by atoms with van der Waals surface area (Å²) in [5.41, 5.74) is -5.53. The van der Waals surface area contributed by atoms with Gasteiger partial charge in [0.2, 0.25) is 5.43 Å². The van der Waals surface area contributed by atoms with Gasteiger partial charge >= 0.3 is 0 Å². The molecule has 0 spiro atoms. The number of nitrogens with zero attached hydrogens (tertiary/aromatic N) is 1. The first kappa shape index (κ1) is 23.2. The van der Waals surface area contributed by atoms with E-state index in [9.17, 15) is 25.1 Å². The number of aromatic hydroxyl groups is 2. The fourth-order valence-electron chi connectivity index (χ4n) is 3.38. The van der Waals surface area contributed by atoms with Crippen molar-refractivity contribution in [2.75, 3.05) is 0 Å². The van der Waals surface area contributed by atoms with Crippen molar-refractivity contribution in [1.29, 1.82) is 5.26 Å². The minimum atomic E-state index is -1.78. The molecule has 2 aromatic rings. The normalized spacial score (nSPS) is 17.3. The number of benzene rings is 1. The summed E-state index contributed by atoms with van der Waals surface area (Å²) in [5.74, 6) is -1.20. The molecular weight excluding hydrogens is 422 g/mol. The molecule has 1 aliphatic rings. The third-order valence-corrected chi connectivity index (χ3v) is 4.86. The number of phenols is 2. The van der Waals surface area contributed by atoms with Crippen LogP contribution in [0.25, 0.3) is 11.0 Å². The van der Waals surface area contributed by atoms with Gasteiger partial charge in [-0.15, -0.1) is 0 Å². The minimum absolute atomic E-state index is 0.0733. The van der Waals surface area contributed by atoms with Crippen molar-refractivity contribution in [3.8, 4) is 17.6 Å². The summed E-state index contributed by atoms with van der Waals surface area (Å²) < 4.78 is 5.42. The SMILES string of the molecule is CC(C)(CC(C)(C#N)OOC1(c2coc3cc(O)cc(O)c3c2=O)C=CC(=O)C=C1)OO. The molecule has 0 bridgehead atoms. The second-order valence-electron chi connectivity index (χ2n) is 8.22. The van der Waals surface area contributed by atoms with Gasteiger partial charge in [0.1, 0.15) is 40.4 Å². The number of nitriles is 1. The van der Waals surface area contributed by atoms with Gasteiger partial charge in [-0.25, -0.2) is 14.7 Å². The number of hydrogen-bond donors (Lipinski definition) is 3. The molecule has 1 atom stereocenters. The fraction of sp³-hybridized carbons (Fsp3) is 0.318. The van der Waals surface area contributed by atoms with E-state index in [4.69, 9.17) is 19.4 Å². The second kappa shape index (κ2) is 8.22. The van der Waals surface area contributed by atoms with Crippen LogP contribution in [0.2, 0.25) is 0 Å². The molecule has 10 nitrogen and oxygen atoms in total. The van der Waals surface area contributed by atoms with Gasteiger partial charge in [0.25, 0.3) is 0 Å². The molecular formula is C22H21NO9. The van der Waals surface area contributed by atoms with E-state index in [0.717, 1.165) is 30.5 Å². The van der Waals surface area contributed by atoms with Gasteiger partial charge in [-0.05, 0) is 45.1 Å². The number of phenolic OH excluding ortho intramolecular Hbond substituents is 2. The van der Waals surface area contributed by atoms with Crippen molar-refractivity contribution >= 4 is 16.8 Å². The van der Waals surface area contributed by atoms with Gasteiger partial charge in [-0.2, -0.15) is 5.26 Å². The predicted octanol–water partition coefficient (Wildman–Crippen LogP) is 2.98. The van der Waals surface area contributed by atoms with Crippen molar-refractivity contribution in [2.45, 2.75) is 44.0 Å². The Labute approximate surface area is 182 Å². The van der Waals surface area contributed by atoms with E-state index >= 15 is 0 Å². The van der Waals surface area contributed by atoms with Crippen molar-refractivity contribution in [3.05, 3.63) is 58.5 Å². The molecule has 0 saturated heterocycles. The van der Waals surface area contributed by atoms with Crippen LogP contribution in [0.4, 0.5) is 0 Å². The molecule has 32 heavy (non-hydrogen) atoms. The second-order valence-corrected chi connectivity index (χ2v) is 8.22. The van der Waals surface area contributed by atoms with Crippen LogP contribution in [-0.4, -0.2) is 32.5 Å². The Bertz CT molecular complexity index is 1200. The number of fused-ring (bicyclic) bond motifs is 1. The van der Waals surface area contributed by atoms with E-state index in [0.29, 0.717) is 0 Å². The lowest BCUT2D eigenvalue weighted by Gasteiger charge is -2.33. The summed E-state index contributed by atoms with van der Waals surface area (Å²) in [7, 11) is 0. The Morgan fingerprint density at radius 1 is 1.16 bits per heavy atom. The Hall–Kier alpha value is -3.49. The van der Waals surface area contributed by atoms with Crippen LogP contribution in [0.5, 0.6) is 11.5 Å². The maximum Gasteiger partial charge on any atom is 0.203 e. The highest BCUT2D eigenvalue weighted by molar-refractivity contribution is 6.00. The van der Waals surface area contributed by atoms with Gasteiger partial charge in [0.15, 0.2) is 17.0 Å². The molecule has 0 radical (unpaired) electrons. The fourth-order valence-corrected chi connectivity index (χ4v) is 3.38. The van der Waals surface area contributed by atoms with Crippen LogP contribution in [0.15, 0.2) is 51.9 Å². The minimum Gasteiger partial charge on any atom is -0.508 e. The highest BCUT2D eigenvalue weighted by Gasteiger charge is 2.42. The molecule has 1 heterocycles. The van der Waals surface area contributed by atoms with Crippen molar-refractivity contribution in [1.82, 2.24) is 0 Å². The Balaban J connectivity index is 2.09. The average Bonchev–Trinajstić information content (AvgIpc) is 2.73. The number of allylic oxidation sites excluding steroid dienone is 2. The lowest BCUT2D eigenvalue weighted by Crippen LogP contribution is -2.41. The third-order valence-electron chi connectivity index (χ3n) is 4.86. The van der Waals surface area contributed by atoms with Crippen molar-refractivity contribution in [3.63, 3.8) is 0 Å². The molecule has 0 saturated carbocycles. The van der Waals surface area contributed by atoms with Crippen LogP contribution in [0.1, 0.15) is 32.8 Å². The van der Waals surface area contributed by atoms with Crippen LogP contribution < -0.4 is 5.43 Å². The first-order chi connectivity index (χ1) is 14.9. The number of carbonyl (C=O) groups is 1. The predicted molar refractivity (Wildman–Crippen MR) is 109 cm³/mol. The monoisotopic (exact) mass is 443 g/mol. The molecule has 0 fully saturated rings. The number of ketones is 1. The number of hydrogen-bond acceptors (Lipinski definition) is 10. The molecule has 1 unspecified atom stereocenters. The molecule has 0 amide bonds. The quantitative estimate of drug-likeness (QED) is 0.429. The van der Waals surface area contributed by atoms with Crippen LogP contribution in [0.3, 0.4) is 0 Å². The smallest absolute Gasteiger partial charge is 0.203 e. The number of carbonyl (C=O) groups excluding carboxylic acids is 1. The zero-order chi connectivity index (χ0) is 23.7. The first-order valence-corrected chi connectivity index (χ1v) is 9.45. The maximum atomic E-state index is 13.2. The van der Waals surface area contributed by atoms with E-state index in [-0.39, 0.29) is 34.5 Å². The van der Waals surface area contributed by atoms with Gasteiger partial charge in [0, 0.05) is 18.6 Å². The number of rotatable bonds is 7. The van der Waals surface area contributed by atoms with E-state index in [1.165, 1.54) is 32.9 Å². The van der Waals surface area contributed by atoms with E-state index in [2.05, 4.69) is 4.89 Å². The summed E-state index contributed by atoms with van der Waals surface area (Å²) in [5, 5.41) is 38.2. The molecule has 168 valence electrons. The third kappa shape index (κ3) is 4.42. The molecule has 3 N–H and O–H groups in total. The maximum absolute atomic E-state index is 13.2. The van der Waals surface area contributed by atoms with Gasteiger partial charge in [0.05, 0.1) is 5.56 Å². The van der Waals surface area contributed by atoms with Gasteiger partial charge < -0.3 is 14.6 Å². The summed E-state index contributed by atoms with van der Waals surface area (Å²) >= 11 is 0. The Morgan fingerprint density at radius 2 is 1.81 bits per heavy atom. The van der Waals surface area contributed by atoms with Gasteiger partial charge in [-0.1, -0.05) is 0 Å². The standard InChI is InChI=1S/C22H21NO9/c1-20(2,30-28)11-21(3,12-23)31-32-22(6-4-13(24)5-7-22)15-10-29-17-9-14(25)8-16(26)18(17)19(15)27/h4-10,25-26,28H,11H2,1-3H3. The summed E-state index contributed by atoms with van der Waals surface area (Å²) in [6.07, 6.45) is 5.71. The Kier molecular flexibility index (Phi) is 5.95. The van der Waals surface area contributed by atoms with E-state index in [1.807, 2.05) is 6.07 Å². The average molecular weight is 443 g/mol. The van der Waals surface area contributed by atoms with Crippen LogP contribution in [-0.2, 0) is 25.1 Å². The summed E-state index contributed by atoms with van der Waals surface area (Å²) in [4.78, 5) is 40.3. The van der Waals surface area contributed by atoms with E-state index < -0.39 is 28.0 Å². The van der Waals surface area contributed by atoms with Crippen molar-refractivity contribution < 1.29 is 39.3 Å². The highest BCUT2D eigenvalue weighted by Crippen LogP contribution is 2.36. The lowest BCUT2D eigenvalue weighted by atomic mass is 9.89. The zero-order valence-electron chi connectivity index (χ0n) is 17.5. The van der Waals surface area contributed by atoms with Crippen LogP contribution in [0, 0.1) is 11.3 Å². The van der Waals surface area contributed by atoms with Gasteiger partial charge in [-0.3, -0.25) is 14.8 Å². The molecule has 1 aromatic heterocycles. The molecule has 10 heteroatoms. The highest BCUT2D eigenvalue weighted by atomic mass is 17.2. The van der Waals surface area contributed by atoms with Crippen molar-refractivity contribution in [2.24, 2.45) is 0 Å². The summed E-state index contributed by atoms with van der Waals surface area (Å²) in [6, 6.07) is 4.06. The first-order valence-electron chi connectivity index (χ1n) is 9.45. The lowest BCUT2D eigenvalue weighted by molar-refractivity contribution is -0.397. The molecule has 1 aliphatic carbocycles. The topological polar surface area (TPSA) is 159 Å². The summed E-state index contributed by atoms with van der Waals surface area (Å²) in [6.45, 7) is 4.44. The molecule has 3 rings (SSSR count). The Morgan fingerprint density at radius 3 is 2.41 bits per heavy atom. The zero-order valence-corrected chi connectivity index (χ0v) is 17.5. The molecule has 0 aliphatic heterocycles. The van der Waals surface area contributed by atoms with Crippen LogP contribution >= 0.6 is 0 Å². The largest absolute Gasteiger partial charge is 0.508 e.